The first-order chi connectivity index (χ1) is 5.83. The summed E-state index contributed by atoms with van der Waals surface area (Å²) >= 11 is 0. The van der Waals surface area contributed by atoms with Crippen LogP contribution in [0.4, 0.5) is 4.39 Å². The van der Waals surface area contributed by atoms with Crippen molar-refractivity contribution in [2.24, 2.45) is 0 Å². The van der Waals surface area contributed by atoms with E-state index in [0.29, 0.717) is 6.42 Å². The van der Waals surface area contributed by atoms with Gasteiger partial charge in [0.1, 0.15) is 6.17 Å². The molecule has 1 nitrogen and oxygen atoms in total. The second kappa shape index (κ2) is 2.87. The van der Waals surface area contributed by atoms with Crippen LogP contribution in [0.25, 0.3) is 0 Å². The molecule has 0 bridgehead atoms. The standard InChI is InChI=1S/C10H11FO/c11-10-5-9(10)8-4-2-1-3-7(8)6-12/h1-4,9-10,12H,5-6H2. The van der Waals surface area contributed by atoms with Crippen LogP contribution < -0.4 is 0 Å². The molecule has 2 unspecified atom stereocenters. The number of aliphatic hydroxyl groups is 1. The van der Waals surface area contributed by atoms with Crippen LogP contribution in [0.15, 0.2) is 24.3 Å². The highest BCUT2D eigenvalue weighted by molar-refractivity contribution is 5.34. The number of rotatable bonds is 2. The highest BCUT2D eigenvalue weighted by Crippen LogP contribution is 2.44. The van der Waals surface area contributed by atoms with Gasteiger partial charge >= 0.3 is 0 Å². The zero-order valence-electron chi connectivity index (χ0n) is 6.70. The zero-order chi connectivity index (χ0) is 8.55. The Labute approximate surface area is 70.8 Å². The van der Waals surface area contributed by atoms with Gasteiger partial charge in [-0.15, -0.1) is 0 Å². The van der Waals surface area contributed by atoms with Gasteiger partial charge in [0.15, 0.2) is 0 Å². The summed E-state index contributed by atoms with van der Waals surface area (Å²) in [7, 11) is 0. The Kier molecular flexibility index (Phi) is 1.85. The van der Waals surface area contributed by atoms with E-state index in [1.165, 1.54) is 0 Å². The lowest BCUT2D eigenvalue weighted by Crippen LogP contribution is -1.92. The van der Waals surface area contributed by atoms with Crippen LogP contribution in [-0.4, -0.2) is 11.3 Å². The summed E-state index contributed by atoms with van der Waals surface area (Å²) in [5, 5.41) is 8.96. The summed E-state index contributed by atoms with van der Waals surface area (Å²) in [6.45, 7) is 0.0133. The Hall–Kier alpha value is -0.890. The number of aliphatic hydroxyl groups excluding tert-OH is 1. The molecule has 1 N–H and O–H groups in total. The molecule has 1 aliphatic carbocycles. The third-order valence-corrected chi connectivity index (χ3v) is 2.34. The van der Waals surface area contributed by atoms with Crippen molar-refractivity contribution in [2.75, 3.05) is 0 Å². The van der Waals surface area contributed by atoms with E-state index in [0.717, 1.165) is 11.1 Å². The lowest BCUT2D eigenvalue weighted by atomic mass is 10.0. The smallest absolute Gasteiger partial charge is 0.108 e. The number of hydrogen-bond acceptors (Lipinski definition) is 1. The lowest BCUT2D eigenvalue weighted by Gasteiger charge is -2.03. The van der Waals surface area contributed by atoms with Gasteiger partial charge in [-0.05, 0) is 17.5 Å². The molecule has 2 heteroatoms. The largest absolute Gasteiger partial charge is 0.392 e. The van der Waals surface area contributed by atoms with Crippen molar-refractivity contribution in [3.63, 3.8) is 0 Å². The minimum atomic E-state index is -0.683. The van der Waals surface area contributed by atoms with Crippen LogP contribution in [0, 0.1) is 0 Å². The summed E-state index contributed by atoms with van der Waals surface area (Å²) in [6.07, 6.45) is -0.0606. The molecular weight excluding hydrogens is 155 g/mol. The quantitative estimate of drug-likeness (QED) is 0.712. The fourth-order valence-electron chi connectivity index (χ4n) is 1.53. The molecule has 0 heterocycles. The Morgan fingerprint density at radius 3 is 2.67 bits per heavy atom. The van der Waals surface area contributed by atoms with Crippen LogP contribution in [0.1, 0.15) is 23.5 Å². The molecule has 1 saturated carbocycles. The maximum absolute atomic E-state index is 12.7. The molecule has 0 aromatic heterocycles. The lowest BCUT2D eigenvalue weighted by molar-refractivity contribution is 0.280. The summed E-state index contributed by atoms with van der Waals surface area (Å²) in [4.78, 5) is 0. The van der Waals surface area contributed by atoms with Gasteiger partial charge in [-0.1, -0.05) is 24.3 Å². The topological polar surface area (TPSA) is 20.2 Å². The van der Waals surface area contributed by atoms with E-state index in [1.54, 1.807) is 0 Å². The second-order valence-corrected chi connectivity index (χ2v) is 3.22. The molecule has 64 valence electrons. The summed E-state index contributed by atoms with van der Waals surface area (Å²) in [5.74, 6) is 0.0494. The molecule has 0 saturated heterocycles. The van der Waals surface area contributed by atoms with E-state index in [-0.39, 0.29) is 12.5 Å². The number of halogens is 1. The monoisotopic (exact) mass is 166 g/mol. The van der Waals surface area contributed by atoms with Crippen molar-refractivity contribution in [1.29, 1.82) is 0 Å². The van der Waals surface area contributed by atoms with Crippen molar-refractivity contribution in [3.8, 4) is 0 Å². The van der Waals surface area contributed by atoms with Crippen LogP contribution in [0.5, 0.6) is 0 Å². The molecule has 12 heavy (non-hydrogen) atoms. The van der Waals surface area contributed by atoms with Gasteiger partial charge in [0.2, 0.25) is 0 Å². The summed E-state index contributed by atoms with van der Waals surface area (Å²) < 4.78 is 12.7. The summed E-state index contributed by atoms with van der Waals surface area (Å²) in [5.41, 5.74) is 1.84. The maximum Gasteiger partial charge on any atom is 0.108 e. The minimum absolute atomic E-state index is 0.0133. The van der Waals surface area contributed by atoms with Crippen molar-refractivity contribution in [1.82, 2.24) is 0 Å². The van der Waals surface area contributed by atoms with Gasteiger partial charge in [0.05, 0.1) is 6.61 Å². The SMILES string of the molecule is OCc1ccccc1C1CC1F. The second-order valence-electron chi connectivity index (χ2n) is 3.22. The third-order valence-electron chi connectivity index (χ3n) is 2.34. The van der Waals surface area contributed by atoms with Crippen molar-refractivity contribution in [2.45, 2.75) is 25.1 Å². The third kappa shape index (κ3) is 1.23. The Balaban J connectivity index is 2.29. The van der Waals surface area contributed by atoms with E-state index >= 15 is 0 Å². The maximum atomic E-state index is 12.7. The number of hydrogen-bond donors (Lipinski definition) is 1. The van der Waals surface area contributed by atoms with Crippen LogP contribution in [0.3, 0.4) is 0 Å². The predicted molar refractivity (Wildman–Crippen MR) is 44.6 cm³/mol. The molecule has 2 atom stereocenters. The van der Waals surface area contributed by atoms with E-state index in [4.69, 9.17) is 5.11 Å². The van der Waals surface area contributed by atoms with Crippen LogP contribution >= 0.6 is 0 Å². The van der Waals surface area contributed by atoms with Gasteiger partial charge in [-0.25, -0.2) is 4.39 Å². The highest BCUT2D eigenvalue weighted by Gasteiger charge is 2.39. The van der Waals surface area contributed by atoms with Gasteiger partial charge in [0.25, 0.3) is 0 Å². The minimum Gasteiger partial charge on any atom is -0.392 e. The summed E-state index contributed by atoms with van der Waals surface area (Å²) in [6, 6.07) is 7.50. The van der Waals surface area contributed by atoms with Gasteiger partial charge < -0.3 is 5.11 Å². The number of benzene rings is 1. The van der Waals surface area contributed by atoms with E-state index < -0.39 is 6.17 Å². The molecular formula is C10H11FO. The first kappa shape index (κ1) is 7.74. The molecule has 0 spiro atoms. The Bertz CT molecular complexity index is 285. The van der Waals surface area contributed by atoms with Crippen LogP contribution in [0.2, 0.25) is 0 Å². The number of alkyl halides is 1. The van der Waals surface area contributed by atoms with Crippen molar-refractivity contribution < 1.29 is 9.50 Å². The first-order valence-electron chi connectivity index (χ1n) is 4.15. The molecule has 1 aromatic rings. The Morgan fingerprint density at radius 1 is 1.42 bits per heavy atom. The molecule has 1 fully saturated rings. The fourth-order valence-corrected chi connectivity index (χ4v) is 1.53. The molecule has 1 aliphatic rings. The molecule has 0 amide bonds. The average Bonchev–Trinajstić information content (AvgIpc) is 2.83. The normalized spacial score (nSPS) is 27.2. The average molecular weight is 166 g/mol. The Morgan fingerprint density at radius 2 is 2.08 bits per heavy atom. The zero-order valence-corrected chi connectivity index (χ0v) is 6.70. The highest BCUT2D eigenvalue weighted by atomic mass is 19.1. The van der Waals surface area contributed by atoms with E-state index in [1.807, 2.05) is 24.3 Å². The van der Waals surface area contributed by atoms with E-state index in [9.17, 15) is 4.39 Å². The molecule has 0 aliphatic heterocycles. The van der Waals surface area contributed by atoms with Crippen LogP contribution in [-0.2, 0) is 6.61 Å². The van der Waals surface area contributed by atoms with Gasteiger partial charge in [0, 0.05) is 5.92 Å². The molecule has 1 aromatic carbocycles. The van der Waals surface area contributed by atoms with Crippen molar-refractivity contribution >= 4 is 0 Å². The molecule has 0 radical (unpaired) electrons. The van der Waals surface area contributed by atoms with Gasteiger partial charge in [-0.3, -0.25) is 0 Å². The molecule has 2 rings (SSSR count). The van der Waals surface area contributed by atoms with E-state index in [2.05, 4.69) is 0 Å². The fraction of sp³-hybridized carbons (Fsp3) is 0.400. The van der Waals surface area contributed by atoms with Crippen molar-refractivity contribution in [3.05, 3.63) is 35.4 Å². The predicted octanol–water partition coefficient (Wildman–Crippen LogP) is 2.00. The van der Waals surface area contributed by atoms with Gasteiger partial charge in [-0.2, -0.15) is 0 Å². The first-order valence-corrected chi connectivity index (χ1v) is 4.15.